The average Bonchev–Trinajstić information content (AvgIpc) is 0.722. The van der Waals surface area contributed by atoms with E-state index < -0.39 is 15.0 Å². The van der Waals surface area contributed by atoms with Crippen molar-refractivity contribution in [3.05, 3.63) is 0 Å². The van der Waals surface area contributed by atoms with Crippen molar-refractivity contribution in [1.29, 1.82) is 0 Å². The summed E-state index contributed by atoms with van der Waals surface area (Å²) in [7, 11) is 8.29. The summed E-state index contributed by atoms with van der Waals surface area (Å²) in [5.41, 5.74) is 0. The Kier molecular flexibility index (Phi) is 11.6. The molecule has 0 fully saturated rings. The molecule has 0 amide bonds. The number of hydrogen-bond donors (Lipinski definition) is 0. The minimum absolute atomic E-state index is 0. The van der Waals surface area contributed by atoms with Crippen molar-refractivity contribution in [3.63, 3.8) is 0 Å². The summed E-state index contributed by atoms with van der Waals surface area (Å²) in [5, 5.41) is 0. The molecule has 0 unspecified atom stereocenters. The molecular formula is H4Cl2F2O2Pt-2. The molecule has 7 heteroatoms. The molecule has 0 bridgehead atoms. The van der Waals surface area contributed by atoms with Crippen molar-refractivity contribution in [2.24, 2.45) is 0 Å². The molecule has 0 rings (SSSR count). The van der Waals surface area contributed by atoms with Crippen molar-refractivity contribution < 1.29 is 32.3 Å². The summed E-state index contributed by atoms with van der Waals surface area (Å²) in [6, 6.07) is 0. The summed E-state index contributed by atoms with van der Waals surface area (Å²) in [6.07, 6.45) is 0. The van der Waals surface area contributed by atoms with E-state index in [4.69, 9.17) is 0 Å². The standard InChI is InChI=1S/2ClH.2FH.2H2O.Pt/h4*1H;2*1H2;/q;;;;;;+2/p-4. The SMILES string of the molecule is O.O.[F][Pt-2]([F])([Cl])[Cl]. The molecule has 0 aromatic carbocycles. The Morgan fingerprint density at radius 2 is 1.00 bits per heavy atom. The summed E-state index contributed by atoms with van der Waals surface area (Å²) < 4.78 is 21.5. The van der Waals surface area contributed by atoms with Gasteiger partial charge in [-0.3, -0.25) is 0 Å². The van der Waals surface area contributed by atoms with Crippen LogP contribution in [0.25, 0.3) is 0 Å². The van der Waals surface area contributed by atoms with Crippen LogP contribution in [0.2, 0.25) is 0 Å². The van der Waals surface area contributed by atoms with Crippen LogP contribution in [-0.4, -0.2) is 11.0 Å². The van der Waals surface area contributed by atoms with E-state index in [0.29, 0.717) is 0 Å². The van der Waals surface area contributed by atoms with E-state index in [1.807, 2.05) is 0 Å². The zero-order valence-electron chi connectivity index (χ0n) is 2.83. The molecule has 0 heterocycles. The van der Waals surface area contributed by atoms with Gasteiger partial charge in [-0.15, -0.1) is 0 Å². The molecule has 0 spiro atoms. The third-order valence-corrected chi connectivity index (χ3v) is 0. The van der Waals surface area contributed by atoms with Gasteiger partial charge in [0.1, 0.15) is 0 Å². The summed E-state index contributed by atoms with van der Waals surface area (Å²) in [4.78, 5) is 0. The second kappa shape index (κ2) is 5.19. The average molecular weight is 340 g/mol. The monoisotopic (exact) mass is 339 g/mol. The molecule has 0 aliphatic rings. The Morgan fingerprint density at radius 3 is 1.00 bits per heavy atom. The Morgan fingerprint density at radius 1 is 1.00 bits per heavy atom. The van der Waals surface area contributed by atoms with E-state index in [1.165, 1.54) is 0 Å². The fraction of sp³-hybridized carbons (Fsp3) is 0. The van der Waals surface area contributed by atoms with Gasteiger partial charge >= 0.3 is 40.2 Å². The van der Waals surface area contributed by atoms with Crippen molar-refractivity contribution in [3.8, 4) is 0 Å². The Balaban J connectivity index is -0.0000000800. The van der Waals surface area contributed by atoms with Crippen LogP contribution >= 0.6 is 18.8 Å². The first-order chi connectivity index (χ1) is 2.00. The van der Waals surface area contributed by atoms with Gasteiger partial charge < -0.3 is 11.0 Å². The Labute approximate surface area is 51.4 Å². The minimum atomic E-state index is -5.00. The quantitative estimate of drug-likeness (QED) is 0.619. The van der Waals surface area contributed by atoms with Crippen LogP contribution < -0.4 is 0 Å². The zero-order chi connectivity index (χ0) is 4.50. The first-order valence-corrected chi connectivity index (χ1v) is 7.83. The fourth-order valence-corrected chi connectivity index (χ4v) is 0. The van der Waals surface area contributed by atoms with E-state index in [2.05, 4.69) is 18.8 Å². The Bertz CT molecular complexity index is 29.2. The van der Waals surface area contributed by atoms with Crippen LogP contribution in [0.5, 0.6) is 0 Å². The maximum atomic E-state index is 10.7. The van der Waals surface area contributed by atoms with Crippen molar-refractivity contribution >= 4 is 18.8 Å². The molecular weight excluding hydrogens is 336 g/mol. The van der Waals surface area contributed by atoms with Gasteiger partial charge in [-0.2, -0.15) is 0 Å². The van der Waals surface area contributed by atoms with Crippen LogP contribution in [0.3, 0.4) is 0 Å². The van der Waals surface area contributed by atoms with Gasteiger partial charge in [0.25, 0.3) is 0 Å². The molecule has 0 radical (unpaired) electrons. The molecule has 4 N–H and O–H groups in total. The summed E-state index contributed by atoms with van der Waals surface area (Å²) in [5.74, 6) is 0. The van der Waals surface area contributed by atoms with Crippen molar-refractivity contribution in [2.45, 2.75) is 0 Å². The van der Waals surface area contributed by atoms with Crippen LogP contribution in [0.15, 0.2) is 0 Å². The molecule has 0 aliphatic carbocycles. The van der Waals surface area contributed by atoms with Crippen molar-refractivity contribution in [2.75, 3.05) is 0 Å². The van der Waals surface area contributed by atoms with Gasteiger partial charge in [0.05, 0.1) is 0 Å². The second-order valence-electron chi connectivity index (χ2n) is 0.271. The van der Waals surface area contributed by atoms with Gasteiger partial charge in [-0.25, -0.2) is 0 Å². The number of halogens is 4. The second-order valence-corrected chi connectivity index (χ2v) is 8.14. The van der Waals surface area contributed by atoms with Gasteiger partial charge in [-0.05, 0) is 0 Å². The molecule has 0 atom stereocenters. The molecule has 0 aromatic heterocycles. The van der Waals surface area contributed by atoms with E-state index in [1.54, 1.807) is 0 Å². The fourth-order valence-electron chi connectivity index (χ4n) is 0. The Hall–Kier alpha value is 1.05. The topological polar surface area (TPSA) is 63.0 Å². The number of rotatable bonds is 0. The van der Waals surface area contributed by atoms with Gasteiger partial charge in [-0.1, -0.05) is 0 Å². The molecule has 0 saturated heterocycles. The molecule has 56 valence electrons. The van der Waals surface area contributed by atoms with Crippen LogP contribution in [0.1, 0.15) is 0 Å². The van der Waals surface area contributed by atoms with E-state index >= 15 is 0 Å². The normalized spacial score (nSPS) is 10.9. The molecule has 0 aromatic rings. The van der Waals surface area contributed by atoms with Crippen molar-refractivity contribution in [1.82, 2.24) is 0 Å². The third-order valence-electron chi connectivity index (χ3n) is 0. The maximum absolute atomic E-state index is 10.7. The molecule has 0 aliphatic heterocycles. The first kappa shape index (κ1) is 15.7. The third kappa shape index (κ3) is 163. The summed E-state index contributed by atoms with van der Waals surface area (Å²) >= 11 is -5.00. The first-order valence-electron chi connectivity index (χ1n) is 0.478. The van der Waals surface area contributed by atoms with Crippen LogP contribution in [-0.2, 0) is 15.0 Å². The molecule has 7 heavy (non-hydrogen) atoms. The summed E-state index contributed by atoms with van der Waals surface area (Å²) in [6.45, 7) is 0. The van der Waals surface area contributed by atoms with Gasteiger partial charge in [0.2, 0.25) is 0 Å². The van der Waals surface area contributed by atoms with Gasteiger partial charge in [0, 0.05) is 0 Å². The predicted molar refractivity (Wildman–Crippen MR) is 21.1 cm³/mol. The van der Waals surface area contributed by atoms with E-state index in [9.17, 15) is 6.32 Å². The molecule has 2 nitrogen and oxygen atoms in total. The van der Waals surface area contributed by atoms with E-state index in [0.717, 1.165) is 0 Å². The van der Waals surface area contributed by atoms with Crippen LogP contribution in [0.4, 0.5) is 6.32 Å². The van der Waals surface area contributed by atoms with Crippen LogP contribution in [0, 0.1) is 0 Å². The van der Waals surface area contributed by atoms with Gasteiger partial charge in [0.15, 0.2) is 0 Å². The number of hydrogen-bond acceptors (Lipinski definition) is 0. The zero-order valence-corrected chi connectivity index (χ0v) is 6.61. The van der Waals surface area contributed by atoms with E-state index in [-0.39, 0.29) is 11.0 Å². The molecule has 0 saturated carbocycles. The predicted octanol–water partition coefficient (Wildman–Crippen LogP) is 0.567.